The van der Waals surface area contributed by atoms with E-state index in [1.807, 2.05) is 14.0 Å². The molecule has 1 saturated heterocycles. The van der Waals surface area contributed by atoms with E-state index in [1.54, 1.807) is 13.1 Å². The smallest absolute Gasteiger partial charge is 0.223 e. The van der Waals surface area contributed by atoms with Crippen LogP contribution in [0.4, 0.5) is 4.39 Å². The highest BCUT2D eigenvalue weighted by Gasteiger charge is 2.33. The summed E-state index contributed by atoms with van der Waals surface area (Å²) >= 11 is 0. The molecule has 0 N–H and O–H groups in total. The Balaban J connectivity index is 1.58. The van der Waals surface area contributed by atoms with Gasteiger partial charge in [-0.25, -0.2) is 9.37 Å². The zero-order valence-electron chi connectivity index (χ0n) is 13.7. The fourth-order valence-electron chi connectivity index (χ4n) is 3.02. The van der Waals surface area contributed by atoms with Crippen molar-refractivity contribution in [1.29, 1.82) is 0 Å². The van der Waals surface area contributed by atoms with Crippen LogP contribution in [-0.4, -0.2) is 57.3 Å². The summed E-state index contributed by atoms with van der Waals surface area (Å²) in [6.07, 6.45) is 1.41. The van der Waals surface area contributed by atoms with Gasteiger partial charge in [0.05, 0.1) is 19.3 Å². The quantitative estimate of drug-likeness (QED) is 0.801. The molecule has 3 rings (SSSR count). The van der Waals surface area contributed by atoms with Gasteiger partial charge < -0.3 is 8.94 Å². The first kappa shape index (κ1) is 16.1. The summed E-state index contributed by atoms with van der Waals surface area (Å²) in [6.45, 7) is 5.88. The van der Waals surface area contributed by atoms with Gasteiger partial charge in [-0.05, 0) is 20.4 Å². The van der Waals surface area contributed by atoms with E-state index in [1.165, 1.54) is 0 Å². The number of likely N-dealkylation sites (tertiary alicyclic amines) is 1. The zero-order chi connectivity index (χ0) is 16.4. The van der Waals surface area contributed by atoms with E-state index in [0.717, 1.165) is 12.3 Å². The summed E-state index contributed by atoms with van der Waals surface area (Å²) in [5, 5.41) is 3.90. The molecule has 1 fully saturated rings. The van der Waals surface area contributed by atoms with Crippen LogP contribution in [0.15, 0.2) is 15.1 Å². The maximum Gasteiger partial charge on any atom is 0.223 e. The van der Waals surface area contributed by atoms with Crippen molar-refractivity contribution >= 4 is 0 Å². The number of aromatic nitrogens is 3. The molecule has 1 aliphatic heterocycles. The molecule has 2 aromatic rings. The first-order valence-electron chi connectivity index (χ1n) is 7.76. The Morgan fingerprint density at radius 1 is 1.43 bits per heavy atom. The maximum absolute atomic E-state index is 13.9. The molecule has 0 radical (unpaired) electrons. The molecule has 2 aromatic heterocycles. The monoisotopic (exact) mass is 323 g/mol. The second-order valence-electron chi connectivity index (χ2n) is 6.21. The van der Waals surface area contributed by atoms with E-state index >= 15 is 0 Å². The third-order valence-corrected chi connectivity index (χ3v) is 3.99. The summed E-state index contributed by atoms with van der Waals surface area (Å²) in [5.41, 5.74) is 0. The number of hydrogen-bond donors (Lipinski definition) is 0. The molecule has 0 aromatic carbocycles. The fourth-order valence-corrected chi connectivity index (χ4v) is 3.02. The Hall–Kier alpha value is -1.80. The Morgan fingerprint density at radius 2 is 2.26 bits per heavy atom. The molecular formula is C15H22FN5O2. The highest BCUT2D eigenvalue weighted by molar-refractivity contribution is 4.94. The molecule has 2 atom stereocenters. The molecule has 1 aliphatic rings. The number of halogens is 1. The molecular weight excluding hydrogens is 301 g/mol. The van der Waals surface area contributed by atoms with Crippen molar-refractivity contribution in [3.63, 3.8) is 0 Å². The molecule has 0 aliphatic carbocycles. The predicted molar refractivity (Wildman–Crippen MR) is 80.3 cm³/mol. The van der Waals surface area contributed by atoms with Crippen molar-refractivity contribution in [2.24, 2.45) is 0 Å². The number of rotatable bonds is 6. The molecule has 0 amide bonds. The minimum atomic E-state index is -0.814. The van der Waals surface area contributed by atoms with Crippen LogP contribution in [0.3, 0.4) is 0 Å². The van der Waals surface area contributed by atoms with Gasteiger partial charge in [0.15, 0.2) is 5.82 Å². The van der Waals surface area contributed by atoms with Crippen LogP contribution >= 0.6 is 0 Å². The number of nitrogens with zero attached hydrogens (tertiary/aromatic N) is 5. The van der Waals surface area contributed by atoms with Gasteiger partial charge in [-0.15, -0.1) is 0 Å². The summed E-state index contributed by atoms with van der Waals surface area (Å²) < 4.78 is 24.3. The minimum Gasteiger partial charge on any atom is -0.445 e. The average molecular weight is 323 g/mol. The van der Waals surface area contributed by atoms with Gasteiger partial charge in [0, 0.05) is 26.1 Å². The molecule has 126 valence electrons. The maximum atomic E-state index is 13.9. The normalized spacial score (nSPS) is 22.3. The van der Waals surface area contributed by atoms with E-state index in [4.69, 9.17) is 8.94 Å². The number of likely N-dealkylation sites (N-methyl/N-ethyl adjacent to an activating group) is 1. The lowest BCUT2D eigenvalue weighted by molar-refractivity contribution is 0.169. The molecule has 0 bridgehead atoms. The summed E-state index contributed by atoms with van der Waals surface area (Å²) in [6, 6.07) is 0.116. The highest BCUT2D eigenvalue weighted by atomic mass is 19.1. The van der Waals surface area contributed by atoms with Crippen LogP contribution < -0.4 is 0 Å². The predicted octanol–water partition coefficient (Wildman–Crippen LogP) is 1.72. The van der Waals surface area contributed by atoms with Crippen molar-refractivity contribution < 1.29 is 13.3 Å². The van der Waals surface area contributed by atoms with E-state index < -0.39 is 6.17 Å². The minimum absolute atomic E-state index is 0.116. The molecule has 23 heavy (non-hydrogen) atoms. The molecule has 0 unspecified atom stereocenters. The molecule has 8 heteroatoms. The Morgan fingerprint density at radius 3 is 2.91 bits per heavy atom. The van der Waals surface area contributed by atoms with Crippen molar-refractivity contribution in [2.75, 3.05) is 20.1 Å². The topological polar surface area (TPSA) is 71.4 Å². The van der Waals surface area contributed by atoms with Gasteiger partial charge in [-0.2, -0.15) is 4.98 Å². The molecule has 0 spiro atoms. The molecule has 7 nitrogen and oxygen atoms in total. The van der Waals surface area contributed by atoms with Crippen LogP contribution in [0.25, 0.3) is 0 Å². The lowest BCUT2D eigenvalue weighted by Crippen LogP contribution is -2.38. The van der Waals surface area contributed by atoms with Gasteiger partial charge in [-0.1, -0.05) is 5.16 Å². The Labute approximate surface area is 134 Å². The van der Waals surface area contributed by atoms with Gasteiger partial charge in [0.2, 0.25) is 11.8 Å². The van der Waals surface area contributed by atoms with Gasteiger partial charge in [0.1, 0.15) is 11.9 Å². The third-order valence-electron chi connectivity index (χ3n) is 3.99. The van der Waals surface area contributed by atoms with Crippen LogP contribution in [0.5, 0.6) is 0 Å². The van der Waals surface area contributed by atoms with Crippen molar-refractivity contribution in [3.8, 4) is 0 Å². The SMILES string of the molecule is Cc1cnc(CN(C)C[C@@H]2C[C@H](F)CN2Cc2noc(C)n2)o1. The second kappa shape index (κ2) is 6.76. The lowest BCUT2D eigenvalue weighted by Gasteiger charge is -2.26. The lowest BCUT2D eigenvalue weighted by atomic mass is 10.2. The number of aryl methyl sites for hydroxylation is 2. The summed E-state index contributed by atoms with van der Waals surface area (Å²) in [5.74, 6) is 2.61. The van der Waals surface area contributed by atoms with Gasteiger partial charge >= 0.3 is 0 Å². The first-order valence-corrected chi connectivity index (χ1v) is 7.76. The zero-order valence-corrected chi connectivity index (χ0v) is 13.7. The summed E-state index contributed by atoms with van der Waals surface area (Å²) in [7, 11) is 1.99. The van der Waals surface area contributed by atoms with E-state index in [2.05, 4.69) is 24.9 Å². The first-order chi connectivity index (χ1) is 11.0. The highest BCUT2D eigenvalue weighted by Crippen LogP contribution is 2.23. The number of alkyl halides is 1. The third kappa shape index (κ3) is 4.14. The number of oxazole rings is 1. The van der Waals surface area contributed by atoms with Crippen molar-refractivity contribution in [3.05, 3.63) is 29.6 Å². The number of hydrogen-bond acceptors (Lipinski definition) is 7. The van der Waals surface area contributed by atoms with Gasteiger partial charge in [0.25, 0.3) is 0 Å². The Kier molecular flexibility index (Phi) is 4.72. The second-order valence-corrected chi connectivity index (χ2v) is 6.21. The average Bonchev–Trinajstić information content (AvgIpc) is 3.14. The summed E-state index contributed by atoms with van der Waals surface area (Å²) in [4.78, 5) is 12.6. The molecule has 0 saturated carbocycles. The Bertz CT molecular complexity index is 643. The van der Waals surface area contributed by atoms with Gasteiger partial charge in [-0.3, -0.25) is 9.80 Å². The van der Waals surface area contributed by atoms with Crippen molar-refractivity contribution in [1.82, 2.24) is 24.9 Å². The van der Waals surface area contributed by atoms with Crippen LogP contribution in [0.1, 0.15) is 29.8 Å². The molecule has 3 heterocycles. The van der Waals surface area contributed by atoms with Crippen LogP contribution in [-0.2, 0) is 13.1 Å². The standard InChI is InChI=1S/C15H22FN5O2/c1-10-5-17-15(22-10)9-20(3)7-13-4-12(16)6-21(13)8-14-18-11(2)23-19-14/h5,12-13H,4,6-9H2,1-3H3/t12-,13-/m0/s1. The van der Waals surface area contributed by atoms with E-state index in [-0.39, 0.29) is 6.04 Å². The van der Waals surface area contributed by atoms with Crippen LogP contribution in [0.2, 0.25) is 0 Å². The van der Waals surface area contributed by atoms with Crippen molar-refractivity contribution in [2.45, 2.75) is 45.6 Å². The largest absolute Gasteiger partial charge is 0.445 e. The van der Waals surface area contributed by atoms with Crippen LogP contribution in [0, 0.1) is 13.8 Å². The van der Waals surface area contributed by atoms with E-state index in [9.17, 15) is 4.39 Å². The fraction of sp³-hybridized carbons (Fsp3) is 0.667. The van der Waals surface area contributed by atoms with E-state index in [0.29, 0.717) is 43.7 Å².